The molecule has 0 amide bonds. The van der Waals surface area contributed by atoms with Crippen LogP contribution in [0.25, 0.3) is 0 Å². The first-order chi connectivity index (χ1) is 9.29. The van der Waals surface area contributed by atoms with Crippen LogP contribution in [-0.2, 0) is 0 Å². The Balaban J connectivity index is 3.02. The molecule has 1 rings (SSSR count). The molecule has 0 saturated heterocycles. The highest BCUT2D eigenvalue weighted by atomic mass is 19.3. The van der Waals surface area contributed by atoms with Crippen molar-refractivity contribution in [3.8, 4) is 5.75 Å². The van der Waals surface area contributed by atoms with Gasteiger partial charge in [0.1, 0.15) is 5.75 Å². The number of carbonyl (C=O) groups is 1. The van der Waals surface area contributed by atoms with Gasteiger partial charge in [-0.05, 0) is 18.6 Å². The van der Waals surface area contributed by atoms with E-state index < -0.39 is 24.1 Å². The van der Waals surface area contributed by atoms with Gasteiger partial charge in [-0.3, -0.25) is 4.79 Å². The molecule has 0 saturated carbocycles. The molecule has 20 heavy (non-hydrogen) atoms. The molecule has 0 aromatic heterocycles. The summed E-state index contributed by atoms with van der Waals surface area (Å²) in [7, 11) is 0. The number of para-hydroxylation sites is 1. The Morgan fingerprint density at radius 3 is 2.45 bits per heavy atom. The largest absolute Gasteiger partial charge is 0.461 e. The monoisotopic (exact) mass is 292 g/mol. The van der Waals surface area contributed by atoms with Crippen LogP contribution in [0.1, 0.15) is 37.0 Å². The molecule has 0 radical (unpaired) electrons. The van der Waals surface area contributed by atoms with E-state index in [9.17, 15) is 22.4 Å². The third kappa shape index (κ3) is 3.95. The molecule has 0 heterocycles. The van der Waals surface area contributed by atoms with Gasteiger partial charge >= 0.3 is 12.5 Å². The highest BCUT2D eigenvalue weighted by Gasteiger charge is 2.44. The first kappa shape index (κ1) is 16.5. The lowest BCUT2D eigenvalue weighted by molar-refractivity contribution is -0.253. The maximum Gasteiger partial charge on any atom is 0.461 e. The van der Waals surface area contributed by atoms with E-state index >= 15 is 0 Å². The average molecular weight is 292 g/mol. The topological polar surface area (TPSA) is 26.3 Å². The maximum atomic E-state index is 12.9. The van der Waals surface area contributed by atoms with E-state index in [4.69, 9.17) is 0 Å². The highest BCUT2D eigenvalue weighted by molar-refractivity contribution is 6.00. The molecule has 0 aliphatic carbocycles. The number of carbonyl (C=O) groups excluding carboxylic acids is 1. The molecule has 0 spiro atoms. The molecule has 0 bridgehead atoms. The molecule has 6 heteroatoms. The molecule has 1 aromatic rings. The van der Waals surface area contributed by atoms with Gasteiger partial charge in [-0.1, -0.05) is 32.4 Å². The van der Waals surface area contributed by atoms with Gasteiger partial charge in [-0.15, -0.1) is 0 Å². The Bertz CT molecular complexity index is 460. The second-order valence-electron chi connectivity index (χ2n) is 4.51. The van der Waals surface area contributed by atoms with E-state index in [1.54, 1.807) is 6.92 Å². The van der Waals surface area contributed by atoms with E-state index in [0.717, 1.165) is 12.5 Å². The van der Waals surface area contributed by atoms with Gasteiger partial charge in [0.25, 0.3) is 0 Å². The fourth-order valence-corrected chi connectivity index (χ4v) is 1.78. The summed E-state index contributed by atoms with van der Waals surface area (Å²) < 4.78 is 54.2. The number of ether oxygens (including phenoxy) is 1. The van der Waals surface area contributed by atoms with Crippen molar-refractivity contribution in [2.75, 3.05) is 0 Å². The summed E-state index contributed by atoms with van der Waals surface area (Å²) in [6.45, 7) is 3.55. The number of ketones is 1. The van der Waals surface area contributed by atoms with Gasteiger partial charge < -0.3 is 4.74 Å². The van der Waals surface area contributed by atoms with Gasteiger partial charge in [0, 0.05) is 5.92 Å². The summed E-state index contributed by atoms with van der Waals surface area (Å²) in [5.41, 5.74) is -0.103. The van der Waals surface area contributed by atoms with Crippen molar-refractivity contribution in [1.82, 2.24) is 0 Å². The molecule has 1 unspecified atom stereocenters. The van der Waals surface area contributed by atoms with Crippen LogP contribution in [0.3, 0.4) is 0 Å². The van der Waals surface area contributed by atoms with Gasteiger partial charge in [0.2, 0.25) is 0 Å². The SMILES string of the molecule is CCCC(C)C(=O)c1ccccc1OC(F)(F)C(F)F. The molecule has 0 N–H and O–H groups in total. The van der Waals surface area contributed by atoms with Crippen molar-refractivity contribution < 1.29 is 27.1 Å². The first-order valence-electron chi connectivity index (χ1n) is 6.27. The number of rotatable bonds is 7. The molecule has 2 nitrogen and oxygen atoms in total. The Labute approximate surface area is 114 Å². The zero-order chi connectivity index (χ0) is 15.3. The van der Waals surface area contributed by atoms with Crippen molar-refractivity contribution in [2.45, 2.75) is 39.2 Å². The minimum atomic E-state index is -4.62. The zero-order valence-electron chi connectivity index (χ0n) is 11.2. The molecule has 0 aliphatic heterocycles. The van der Waals surface area contributed by atoms with E-state index in [1.807, 2.05) is 6.92 Å². The van der Waals surface area contributed by atoms with Gasteiger partial charge in [0.15, 0.2) is 5.78 Å². The van der Waals surface area contributed by atoms with Gasteiger partial charge in [0.05, 0.1) is 5.56 Å². The van der Waals surface area contributed by atoms with Crippen LogP contribution in [0, 0.1) is 5.92 Å². The third-order valence-corrected chi connectivity index (χ3v) is 2.82. The lowest BCUT2D eigenvalue weighted by Gasteiger charge is -2.19. The first-order valence-corrected chi connectivity index (χ1v) is 6.27. The smallest absolute Gasteiger partial charge is 0.428 e. The number of hydrogen-bond donors (Lipinski definition) is 0. The Morgan fingerprint density at radius 1 is 1.30 bits per heavy atom. The van der Waals surface area contributed by atoms with E-state index in [2.05, 4.69) is 4.74 Å². The lowest BCUT2D eigenvalue weighted by atomic mass is 9.95. The van der Waals surface area contributed by atoms with Crippen LogP contribution in [0.15, 0.2) is 24.3 Å². The number of benzene rings is 1. The van der Waals surface area contributed by atoms with Crippen LogP contribution in [0.2, 0.25) is 0 Å². The zero-order valence-corrected chi connectivity index (χ0v) is 11.2. The standard InChI is InChI=1S/C14H16F4O2/c1-3-6-9(2)12(19)10-7-4-5-8-11(10)20-14(17,18)13(15)16/h4-5,7-9,13H,3,6H2,1-2H3. The lowest BCUT2D eigenvalue weighted by Crippen LogP contribution is -2.34. The fourth-order valence-electron chi connectivity index (χ4n) is 1.78. The molecule has 0 fully saturated rings. The van der Waals surface area contributed by atoms with Crippen molar-refractivity contribution in [1.29, 1.82) is 0 Å². The van der Waals surface area contributed by atoms with Crippen molar-refractivity contribution >= 4 is 5.78 Å². The molecular formula is C14H16F4O2. The van der Waals surface area contributed by atoms with Gasteiger partial charge in [-0.2, -0.15) is 17.6 Å². The van der Waals surface area contributed by atoms with E-state index in [-0.39, 0.29) is 11.5 Å². The number of hydrogen-bond acceptors (Lipinski definition) is 2. The summed E-state index contributed by atoms with van der Waals surface area (Å²) in [4.78, 5) is 12.1. The van der Waals surface area contributed by atoms with Crippen molar-refractivity contribution in [3.63, 3.8) is 0 Å². The summed E-state index contributed by atoms with van der Waals surface area (Å²) in [5.74, 6) is -1.30. The van der Waals surface area contributed by atoms with Crippen LogP contribution < -0.4 is 4.74 Å². The summed E-state index contributed by atoms with van der Waals surface area (Å²) in [5, 5.41) is 0. The normalized spacial score (nSPS) is 13.3. The van der Waals surface area contributed by atoms with Gasteiger partial charge in [-0.25, -0.2) is 0 Å². The molecule has 1 atom stereocenters. The van der Waals surface area contributed by atoms with Crippen LogP contribution in [0.5, 0.6) is 5.75 Å². The number of halogens is 4. The molecular weight excluding hydrogens is 276 g/mol. The molecule has 1 aromatic carbocycles. The molecule has 0 aliphatic rings. The quantitative estimate of drug-likeness (QED) is 0.544. The highest BCUT2D eigenvalue weighted by Crippen LogP contribution is 2.31. The second-order valence-corrected chi connectivity index (χ2v) is 4.51. The predicted octanol–water partition coefficient (Wildman–Crippen LogP) is 4.54. The second kappa shape index (κ2) is 6.72. The van der Waals surface area contributed by atoms with Crippen molar-refractivity contribution in [3.05, 3.63) is 29.8 Å². The van der Waals surface area contributed by atoms with Crippen LogP contribution in [0.4, 0.5) is 17.6 Å². The Hall–Kier alpha value is -1.59. The number of Topliss-reactive ketones (excluding diaryl/α,β-unsaturated/α-hetero) is 1. The average Bonchev–Trinajstić information content (AvgIpc) is 2.38. The fraction of sp³-hybridized carbons (Fsp3) is 0.500. The maximum absolute atomic E-state index is 12.9. The molecule has 112 valence electrons. The summed E-state index contributed by atoms with van der Waals surface area (Å²) in [6, 6.07) is 5.20. The third-order valence-electron chi connectivity index (χ3n) is 2.82. The summed E-state index contributed by atoms with van der Waals surface area (Å²) >= 11 is 0. The Kier molecular flexibility index (Phi) is 5.53. The van der Waals surface area contributed by atoms with Crippen LogP contribution in [-0.4, -0.2) is 18.3 Å². The van der Waals surface area contributed by atoms with Crippen molar-refractivity contribution in [2.24, 2.45) is 5.92 Å². The number of alkyl halides is 4. The van der Waals surface area contributed by atoms with E-state index in [0.29, 0.717) is 6.42 Å². The minimum absolute atomic E-state index is 0.103. The minimum Gasteiger partial charge on any atom is -0.428 e. The predicted molar refractivity (Wildman–Crippen MR) is 66.4 cm³/mol. The Morgan fingerprint density at radius 2 is 1.90 bits per heavy atom. The van der Waals surface area contributed by atoms with Crippen LogP contribution >= 0.6 is 0 Å². The summed E-state index contributed by atoms with van der Waals surface area (Å²) in [6.07, 6.45) is -7.25. The van der Waals surface area contributed by atoms with E-state index in [1.165, 1.54) is 18.2 Å².